The maximum absolute atomic E-state index is 13.6. The Hall–Kier alpha value is -4.18. The van der Waals surface area contributed by atoms with Crippen LogP contribution in [0.25, 0.3) is 31.3 Å². The van der Waals surface area contributed by atoms with Gasteiger partial charge < -0.3 is 9.44 Å². The van der Waals surface area contributed by atoms with Gasteiger partial charge in [0, 0.05) is 12.4 Å². The van der Waals surface area contributed by atoms with E-state index in [1.54, 1.807) is 24.5 Å². The van der Waals surface area contributed by atoms with Crippen molar-refractivity contribution in [1.29, 1.82) is 0 Å². The first kappa shape index (κ1) is 47.5. The molecule has 0 saturated carbocycles. The van der Waals surface area contributed by atoms with Crippen LogP contribution < -0.4 is 0 Å². The molecule has 0 bridgehead atoms. The summed E-state index contributed by atoms with van der Waals surface area (Å²) in [6.45, 7) is 24.8. The summed E-state index contributed by atoms with van der Waals surface area (Å²) in [5.74, 6) is 0.907. The monoisotopic (exact) mass is 882 g/mol. The van der Waals surface area contributed by atoms with Gasteiger partial charge in [0.05, 0.1) is 20.8 Å². The molecule has 0 radical (unpaired) electrons. The number of hydrogen-bond donors (Lipinski definition) is 0. The Kier molecular flexibility index (Phi) is 15.7. The molecule has 308 valence electrons. The van der Waals surface area contributed by atoms with E-state index in [9.17, 15) is 16.8 Å². The average molecular weight is 885 g/mol. The number of fused-ring (bicyclic) bond motifs is 2. The number of sulfonamides is 2. The van der Waals surface area contributed by atoms with E-state index in [-0.39, 0.29) is 43.1 Å². The Morgan fingerprint density at radius 3 is 0.983 bits per heavy atom. The summed E-state index contributed by atoms with van der Waals surface area (Å²) >= 11 is 0. The minimum atomic E-state index is -3.91. The first-order chi connectivity index (χ1) is 27.2. The van der Waals surface area contributed by atoms with Gasteiger partial charge in [-0.05, 0) is 91.8 Å². The van der Waals surface area contributed by atoms with Crippen molar-refractivity contribution in [2.45, 2.75) is 128 Å². The number of aromatic nitrogens is 2. The molecule has 11 heteroatoms. The van der Waals surface area contributed by atoms with Crippen molar-refractivity contribution in [3.8, 4) is 0 Å². The van der Waals surface area contributed by atoms with E-state index >= 15 is 0 Å². The van der Waals surface area contributed by atoms with E-state index in [0.717, 1.165) is 44.2 Å². The Morgan fingerprint density at radius 1 is 0.424 bits per heavy atom. The fourth-order valence-corrected chi connectivity index (χ4v) is 10.4. The third-order valence-corrected chi connectivity index (χ3v) is 13.2. The van der Waals surface area contributed by atoms with Crippen molar-refractivity contribution in [2.24, 2.45) is 0 Å². The third kappa shape index (κ3) is 10.8. The zero-order chi connectivity index (χ0) is 42.7. The molecular weight excluding hydrogens is 826 g/mol. The second-order valence-corrected chi connectivity index (χ2v) is 19.9. The molecule has 0 aliphatic carbocycles. The van der Waals surface area contributed by atoms with Gasteiger partial charge in [-0.15, -0.1) is 11.4 Å². The summed E-state index contributed by atoms with van der Waals surface area (Å²) in [6, 6.07) is 26.5. The van der Waals surface area contributed by atoms with Gasteiger partial charge in [-0.3, -0.25) is 9.97 Å². The second kappa shape index (κ2) is 19.5. The predicted octanol–water partition coefficient (Wildman–Crippen LogP) is 14.0. The van der Waals surface area contributed by atoms with Crippen LogP contribution in [0.5, 0.6) is 0 Å². The molecule has 0 aliphatic rings. The Labute approximate surface area is 365 Å². The van der Waals surface area contributed by atoms with E-state index in [2.05, 4.69) is 47.1 Å². The molecule has 6 aromatic rings. The van der Waals surface area contributed by atoms with Crippen molar-refractivity contribution in [2.75, 3.05) is 0 Å². The maximum atomic E-state index is 13.6. The Balaban J connectivity index is 0.000000256. The number of rotatable bonds is 12. The summed E-state index contributed by atoms with van der Waals surface area (Å²) in [5, 5.41) is 1.74. The number of benzene rings is 4. The molecule has 0 spiro atoms. The van der Waals surface area contributed by atoms with Gasteiger partial charge in [-0.25, -0.2) is 16.8 Å². The van der Waals surface area contributed by atoms with Gasteiger partial charge in [0.25, 0.3) is 0 Å². The van der Waals surface area contributed by atoms with Crippen LogP contribution in [0.2, 0.25) is 0 Å². The average Bonchev–Trinajstić information content (AvgIpc) is 3.17. The predicted molar refractivity (Wildman–Crippen MR) is 241 cm³/mol. The van der Waals surface area contributed by atoms with Gasteiger partial charge in [0.2, 0.25) is 0 Å². The zero-order valence-electron chi connectivity index (χ0n) is 36.6. The Morgan fingerprint density at radius 2 is 0.712 bits per heavy atom. The molecule has 4 aromatic carbocycles. The van der Waals surface area contributed by atoms with Crippen LogP contribution in [0.4, 0.5) is 11.4 Å². The van der Waals surface area contributed by atoms with Crippen molar-refractivity contribution >= 4 is 53.2 Å². The number of para-hydroxylation sites is 2. The summed E-state index contributed by atoms with van der Waals surface area (Å²) in [5.41, 5.74) is 7.57. The third-order valence-electron chi connectivity index (χ3n) is 10.3. The van der Waals surface area contributed by atoms with Crippen LogP contribution in [0.3, 0.4) is 0 Å². The summed E-state index contributed by atoms with van der Waals surface area (Å²) < 4.78 is 62.8. The van der Waals surface area contributed by atoms with Crippen molar-refractivity contribution < 1.29 is 36.3 Å². The second-order valence-electron chi connectivity index (χ2n) is 16.8. The summed E-state index contributed by atoms with van der Waals surface area (Å²) in [4.78, 5) is 9.40. The van der Waals surface area contributed by atoms with Gasteiger partial charge >= 0.3 is 19.5 Å². The normalized spacial score (nSPS) is 12.1. The topological polar surface area (TPSA) is 122 Å². The first-order valence-electron chi connectivity index (χ1n) is 20.2. The molecule has 6 rings (SSSR count). The van der Waals surface area contributed by atoms with Crippen LogP contribution in [0.1, 0.15) is 152 Å². The Bertz CT molecular complexity index is 2390. The van der Waals surface area contributed by atoms with Gasteiger partial charge in [-0.1, -0.05) is 156 Å². The zero-order valence-corrected chi connectivity index (χ0v) is 41.2. The molecule has 0 N–H and O–H groups in total. The van der Waals surface area contributed by atoms with E-state index < -0.39 is 20.0 Å². The van der Waals surface area contributed by atoms with Crippen molar-refractivity contribution in [3.63, 3.8) is 0 Å². The standard InChI is InChI=1S/2C24H29N2O2S.Zn/c2*1-15(2)19-13-20(16(3)4)24(21(14-19)17(5)6)29(27,28)26-22-11-7-9-18-10-8-12-25-23(18)22;/h2*7-17H,1-6H3;/q2*-1;+2. The van der Waals surface area contributed by atoms with Gasteiger partial charge in [0.15, 0.2) is 0 Å². The minimum Gasteiger partial charge on any atom is -0.571 e. The number of pyridine rings is 2. The van der Waals surface area contributed by atoms with Gasteiger partial charge in [0.1, 0.15) is 20.0 Å². The molecule has 59 heavy (non-hydrogen) atoms. The van der Waals surface area contributed by atoms with Crippen LogP contribution in [0, 0.1) is 0 Å². The molecular formula is C48H58N4O4S2Zn. The molecule has 8 nitrogen and oxygen atoms in total. The number of hydrogen-bond acceptors (Lipinski definition) is 6. The SMILES string of the molecule is CC(C)c1cc(C(C)C)c(S(=O)(=O)[N-]c2cccc3cccnc23)c(C(C)C)c1.CC(C)c1cc(C(C)C)c(S(=O)(=O)[N-]c2cccc3cccnc23)c(C(C)C)c1.[Zn+2]. The number of nitrogens with zero attached hydrogens (tertiary/aromatic N) is 4. The molecule has 0 unspecified atom stereocenters. The van der Waals surface area contributed by atoms with E-state index in [0.29, 0.717) is 44.0 Å². The molecule has 0 aliphatic heterocycles. The van der Waals surface area contributed by atoms with Crippen LogP contribution in [0.15, 0.2) is 107 Å². The van der Waals surface area contributed by atoms with Gasteiger partial charge in [-0.2, -0.15) is 0 Å². The fraction of sp³-hybridized carbons (Fsp3) is 0.375. The molecule has 0 saturated heterocycles. The minimum absolute atomic E-state index is 0. The molecule has 0 amide bonds. The molecule has 0 atom stereocenters. The van der Waals surface area contributed by atoms with Crippen molar-refractivity contribution in [1.82, 2.24) is 9.97 Å². The molecule has 2 heterocycles. The van der Waals surface area contributed by atoms with E-state index in [1.807, 2.05) is 128 Å². The summed E-state index contributed by atoms with van der Waals surface area (Å²) in [7, 11) is -7.83. The molecule has 2 aromatic heterocycles. The first-order valence-corrected chi connectivity index (χ1v) is 23.1. The maximum Gasteiger partial charge on any atom is 2.00 e. The smallest absolute Gasteiger partial charge is 0.571 e. The van der Waals surface area contributed by atoms with Crippen LogP contribution in [-0.2, 0) is 39.5 Å². The summed E-state index contributed by atoms with van der Waals surface area (Å²) in [6.07, 6.45) is 3.31. The van der Waals surface area contributed by atoms with E-state index in [4.69, 9.17) is 0 Å². The molecule has 0 fully saturated rings. The largest absolute Gasteiger partial charge is 2.00 e. The van der Waals surface area contributed by atoms with Crippen molar-refractivity contribution in [3.05, 3.63) is 140 Å². The van der Waals surface area contributed by atoms with Crippen LogP contribution >= 0.6 is 0 Å². The quantitative estimate of drug-likeness (QED) is 0.113. The van der Waals surface area contributed by atoms with Crippen LogP contribution in [-0.4, -0.2) is 26.8 Å². The fourth-order valence-electron chi connectivity index (χ4n) is 7.05. The van der Waals surface area contributed by atoms with E-state index in [1.165, 1.54) is 0 Å².